The predicted molar refractivity (Wildman–Crippen MR) is 120 cm³/mol. The molecule has 2 heterocycles. The number of aliphatic hydroxyl groups excluding tert-OH is 8. The lowest BCUT2D eigenvalue weighted by molar-refractivity contribution is -0.298. The van der Waals surface area contributed by atoms with E-state index in [0.717, 1.165) is 0 Å². The van der Waals surface area contributed by atoms with Gasteiger partial charge in [0.15, 0.2) is 12.6 Å². The van der Waals surface area contributed by atoms with Crippen LogP contribution in [0.3, 0.4) is 0 Å². The standard InChI is InChI=1S/C24H30O12/c25-11-15-17(27)19(29)21(31)23(35-15)33-9-1-3-13-5-7-14(8-6-13)4-2-10-34-24-22(32)20(30)18(28)16(12-26)36-24/h5-8,15-32H,9-12H2/t15-,16-,17-,18-,19+,20+,21+,22+,23+,24+/m1/s1. The zero-order chi connectivity index (χ0) is 26.2. The van der Waals surface area contributed by atoms with E-state index < -0.39 is 74.6 Å². The maximum atomic E-state index is 9.93. The molecular weight excluding hydrogens is 480 g/mol. The van der Waals surface area contributed by atoms with Crippen LogP contribution in [0, 0.1) is 23.7 Å². The molecule has 36 heavy (non-hydrogen) atoms. The van der Waals surface area contributed by atoms with Crippen molar-refractivity contribution in [3.63, 3.8) is 0 Å². The molecule has 12 nitrogen and oxygen atoms in total. The average Bonchev–Trinajstić information content (AvgIpc) is 2.89. The zero-order valence-electron chi connectivity index (χ0n) is 19.1. The Morgan fingerprint density at radius 1 is 0.583 bits per heavy atom. The summed E-state index contributed by atoms with van der Waals surface area (Å²) in [6, 6.07) is 6.85. The summed E-state index contributed by atoms with van der Waals surface area (Å²) in [5.74, 6) is 11.2. The van der Waals surface area contributed by atoms with Gasteiger partial charge in [-0.1, -0.05) is 23.7 Å². The van der Waals surface area contributed by atoms with Crippen LogP contribution in [-0.2, 0) is 18.9 Å². The van der Waals surface area contributed by atoms with Crippen molar-refractivity contribution >= 4 is 0 Å². The third-order valence-electron chi connectivity index (χ3n) is 5.69. The van der Waals surface area contributed by atoms with Crippen molar-refractivity contribution in [2.75, 3.05) is 26.4 Å². The van der Waals surface area contributed by atoms with Crippen LogP contribution in [0.15, 0.2) is 24.3 Å². The molecule has 10 atom stereocenters. The van der Waals surface area contributed by atoms with Crippen molar-refractivity contribution < 1.29 is 59.8 Å². The summed E-state index contributed by atoms with van der Waals surface area (Å²) in [5, 5.41) is 77.2. The van der Waals surface area contributed by atoms with Crippen LogP contribution in [0.5, 0.6) is 0 Å². The van der Waals surface area contributed by atoms with E-state index in [-0.39, 0.29) is 13.2 Å². The number of benzene rings is 1. The van der Waals surface area contributed by atoms with Crippen LogP contribution >= 0.6 is 0 Å². The molecule has 2 aliphatic heterocycles. The van der Waals surface area contributed by atoms with E-state index in [0.29, 0.717) is 11.1 Å². The second-order valence-electron chi connectivity index (χ2n) is 8.20. The Labute approximate surface area is 207 Å². The lowest BCUT2D eigenvalue weighted by atomic mass is 9.99. The summed E-state index contributed by atoms with van der Waals surface area (Å²) in [7, 11) is 0. The van der Waals surface area contributed by atoms with Crippen molar-refractivity contribution in [1.29, 1.82) is 0 Å². The maximum absolute atomic E-state index is 9.93. The van der Waals surface area contributed by atoms with Gasteiger partial charge in [0.2, 0.25) is 0 Å². The highest BCUT2D eigenvalue weighted by molar-refractivity contribution is 5.41. The van der Waals surface area contributed by atoms with Gasteiger partial charge in [-0.25, -0.2) is 0 Å². The van der Waals surface area contributed by atoms with Gasteiger partial charge in [0, 0.05) is 11.1 Å². The highest BCUT2D eigenvalue weighted by Gasteiger charge is 2.44. The molecule has 12 heteroatoms. The number of ether oxygens (including phenoxy) is 4. The molecule has 0 unspecified atom stereocenters. The van der Waals surface area contributed by atoms with E-state index in [2.05, 4.69) is 23.7 Å². The number of hydrogen-bond donors (Lipinski definition) is 8. The quantitative estimate of drug-likeness (QED) is 0.173. The maximum Gasteiger partial charge on any atom is 0.187 e. The molecule has 0 spiro atoms. The zero-order valence-corrected chi connectivity index (χ0v) is 19.1. The van der Waals surface area contributed by atoms with Crippen LogP contribution in [0.25, 0.3) is 0 Å². The molecule has 2 fully saturated rings. The van der Waals surface area contributed by atoms with E-state index in [1.807, 2.05) is 0 Å². The lowest BCUT2D eigenvalue weighted by Gasteiger charge is -2.39. The molecule has 1 aromatic rings. The van der Waals surface area contributed by atoms with Crippen molar-refractivity contribution in [2.45, 2.75) is 61.4 Å². The van der Waals surface area contributed by atoms with Crippen molar-refractivity contribution in [1.82, 2.24) is 0 Å². The largest absolute Gasteiger partial charge is 0.394 e. The van der Waals surface area contributed by atoms with E-state index in [4.69, 9.17) is 18.9 Å². The monoisotopic (exact) mass is 510 g/mol. The van der Waals surface area contributed by atoms with Crippen LogP contribution in [-0.4, -0.2) is 129 Å². The van der Waals surface area contributed by atoms with Crippen molar-refractivity contribution in [3.8, 4) is 23.7 Å². The third-order valence-corrected chi connectivity index (χ3v) is 5.69. The smallest absolute Gasteiger partial charge is 0.187 e. The summed E-state index contributed by atoms with van der Waals surface area (Å²) >= 11 is 0. The van der Waals surface area contributed by atoms with Crippen LogP contribution < -0.4 is 0 Å². The summed E-state index contributed by atoms with van der Waals surface area (Å²) in [5.41, 5.74) is 1.30. The Morgan fingerprint density at radius 3 is 1.28 bits per heavy atom. The van der Waals surface area contributed by atoms with E-state index >= 15 is 0 Å². The first-order chi connectivity index (χ1) is 17.3. The van der Waals surface area contributed by atoms with Gasteiger partial charge in [-0.3, -0.25) is 0 Å². The van der Waals surface area contributed by atoms with Crippen molar-refractivity contribution in [3.05, 3.63) is 35.4 Å². The second kappa shape index (κ2) is 13.4. The molecule has 0 amide bonds. The Balaban J connectivity index is 1.45. The number of hydrogen-bond acceptors (Lipinski definition) is 12. The summed E-state index contributed by atoms with van der Waals surface area (Å²) < 4.78 is 21.1. The van der Waals surface area contributed by atoms with Gasteiger partial charge in [0.05, 0.1) is 13.2 Å². The fourth-order valence-electron chi connectivity index (χ4n) is 3.57. The summed E-state index contributed by atoms with van der Waals surface area (Å²) in [6.07, 6.45) is -13.6. The molecule has 198 valence electrons. The van der Waals surface area contributed by atoms with Crippen LogP contribution in [0.2, 0.25) is 0 Å². The molecule has 2 aliphatic rings. The predicted octanol–water partition coefficient (Wildman–Crippen LogP) is -3.98. The Hall–Kier alpha value is -2.14. The third kappa shape index (κ3) is 7.00. The SMILES string of the molecule is OC[C@H]1O[C@H](OCC#Cc2ccc(C#CCO[C@H]3O[C@H](CO)[C@@H](O)[C@H](O)[C@@H]3O)cc2)[C@@H](O)[C@@H](O)[C@@H]1O. The van der Waals surface area contributed by atoms with Gasteiger partial charge >= 0.3 is 0 Å². The highest BCUT2D eigenvalue weighted by atomic mass is 16.7. The second-order valence-corrected chi connectivity index (χ2v) is 8.20. The average molecular weight is 510 g/mol. The molecule has 2 saturated heterocycles. The molecule has 0 radical (unpaired) electrons. The first kappa shape index (κ1) is 28.4. The minimum Gasteiger partial charge on any atom is -0.394 e. The molecule has 1 aromatic carbocycles. The summed E-state index contributed by atoms with van der Waals surface area (Å²) in [4.78, 5) is 0. The number of rotatable bonds is 6. The number of aliphatic hydroxyl groups is 8. The van der Waals surface area contributed by atoms with E-state index in [1.165, 1.54) is 0 Å². The molecule has 0 aliphatic carbocycles. The van der Waals surface area contributed by atoms with Crippen molar-refractivity contribution in [2.24, 2.45) is 0 Å². The fourth-order valence-corrected chi connectivity index (χ4v) is 3.57. The van der Waals surface area contributed by atoms with Gasteiger partial charge in [-0.2, -0.15) is 0 Å². The van der Waals surface area contributed by atoms with Gasteiger partial charge in [-0.15, -0.1) is 0 Å². The Kier molecular flexibility index (Phi) is 10.6. The van der Waals surface area contributed by atoms with Crippen LogP contribution in [0.4, 0.5) is 0 Å². The van der Waals surface area contributed by atoms with E-state index in [1.54, 1.807) is 24.3 Å². The Bertz CT molecular complexity index is 867. The van der Waals surface area contributed by atoms with Gasteiger partial charge in [0.25, 0.3) is 0 Å². The molecule has 0 aromatic heterocycles. The molecule has 0 saturated carbocycles. The molecule has 3 rings (SSSR count). The van der Waals surface area contributed by atoms with E-state index in [9.17, 15) is 40.9 Å². The van der Waals surface area contributed by atoms with Gasteiger partial charge in [-0.05, 0) is 24.3 Å². The topological polar surface area (TPSA) is 199 Å². The Morgan fingerprint density at radius 2 is 0.944 bits per heavy atom. The minimum atomic E-state index is -1.52. The summed E-state index contributed by atoms with van der Waals surface area (Å²) in [6.45, 7) is -1.38. The first-order valence-corrected chi connectivity index (χ1v) is 11.2. The highest BCUT2D eigenvalue weighted by Crippen LogP contribution is 2.22. The minimum absolute atomic E-state index is 0.139. The first-order valence-electron chi connectivity index (χ1n) is 11.2. The van der Waals surface area contributed by atoms with Crippen LogP contribution in [0.1, 0.15) is 11.1 Å². The molecule has 0 bridgehead atoms. The van der Waals surface area contributed by atoms with Gasteiger partial charge < -0.3 is 59.8 Å². The molecular formula is C24H30O12. The lowest BCUT2D eigenvalue weighted by Crippen LogP contribution is -2.59. The van der Waals surface area contributed by atoms with Gasteiger partial charge in [0.1, 0.15) is 62.0 Å². The fraction of sp³-hybridized carbons (Fsp3) is 0.583. The molecule has 8 N–H and O–H groups in total. The normalized spacial score (nSPS) is 36.3.